The van der Waals surface area contributed by atoms with E-state index in [9.17, 15) is 25.9 Å². The third-order valence-corrected chi connectivity index (χ3v) is 5.71. The zero-order valence-corrected chi connectivity index (χ0v) is 11.8. The fraction of sp³-hybridized carbons (Fsp3) is 1.00. The molecule has 0 N–H and O–H groups in total. The third-order valence-electron chi connectivity index (χ3n) is 1.54. The Hall–Kier alpha value is 0.480. The summed E-state index contributed by atoms with van der Waals surface area (Å²) >= 11 is 0. The van der Waals surface area contributed by atoms with Crippen molar-refractivity contribution in [3.8, 4) is 0 Å². The lowest BCUT2D eigenvalue weighted by Crippen LogP contribution is -2.33. The summed E-state index contributed by atoms with van der Waals surface area (Å²) in [5.74, 6) is -0.164. The topological polar surface area (TPSA) is 118 Å². The highest BCUT2D eigenvalue weighted by Gasteiger charge is 2.15. The lowest BCUT2D eigenvalue weighted by Gasteiger charge is -2.24. The van der Waals surface area contributed by atoms with Gasteiger partial charge in [0.2, 0.25) is 0 Å². The van der Waals surface area contributed by atoms with Gasteiger partial charge in [0.1, 0.15) is 18.3 Å². The molecule has 7 nitrogen and oxygen atoms in total. The molecule has 0 rings (SSSR count). The van der Waals surface area contributed by atoms with Crippen molar-refractivity contribution in [2.45, 2.75) is 6.04 Å². The third kappa shape index (κ3) is 9.69. The Bertz CT molecular complexity index is 365. The lowest BCUT2D eigenvalue weighted by molar-refractivity contribution is 0.345. The van der Waals surface area contributed by atoms with Gasteiger partial charge in [0.15, 0.2) is 0 Å². The summed E-state index contributed by atoms with van der Waals surface area (Å²) in [6, 6.07) is -0.484. The highest BCUT2D eigenvalue weighted by atomic mass is 33.2. The number of hydrogen-bond acceptors (Lipinski definition) is 9. The number of nitrogens with zero attached hydrogens (tertiary/aromatic N) is 1. The van der Waals surface area contributed by atoms with Crippen LogP contribution in [0, 0.1) is 0 Å². The minimum atomic E-state index is -4.40. The molecule has 0 aromatic carbocycles. The summed E-state index contributed by atoms with van der Waals surface area (Å²) in [4.78, 5) is 1.55. The minimum Gasteiger partial charge on any atom is -0.739 e. The molecule has 0 saturated carbocycles. The van der Waals surface area contributed by atoms with Crippen molar-refractivity contribution in [3.63, 3.8) is 0 Å². The lowest BCUT2D eigenvalue weighted by atomic mass is 10.4. The summed E-state index contributed by atoms with van der Waals surface area (Å²) < 4.78 is 62.2. The molecule has 0 fully saturated rings. The maximum atomic E-state index is 10.4. The van der Waals surface area contributed by atoms with Crippen LogP contribution < -0.4 is 0 Å². The first-order valence-electron chi connectivity index (χ1n) is 3.88. The molecule has 0 bridgehead atoms. The highest BCUT2D eigenvalue weighted by Crippen LogP contribution is 2.18. The normalized spacial score (nSPS) is 13.6. The van der Waals surface area contributed by atoms with Crippen molar-refractivity contribution in [1.29, 1.82) is 0 Å². The summed E-state index contributed by atoms with van der Waals surface area (Å²) in [6.45, 7) is 0. The molecule has 0 aliphatic rings. The SMILES string of the molecule is CN(C)C(CSS(=O)(=O)[O-])CSS(=O)(=O)[O-]. The van der Waals surface area contributed by atoms with E-state index in [-0.39, 0.29) is 33.1 Å². The van der Waals surface area contributed by atoms with Crippen LogP contribution in [0.5, 0.6) is 0 Å². The monoisotopic (exact) mass is 309 g/mol. The molecular weight excluding hydrogens is 298 g/mol. The van der Waals surface area contributed by atoms with E-state index < -0.39 is 24.3 Å². The second-order valence-electron chi connectivity index (χ2n) is 3.00. The molecule has 0 radical (unpaired) electrons. The number of hydrogen-bond donors (Lipinski definition) is 0. The second kappa shape index (κ2) is 6.42. The molecule has 0 saturated heterocycles. The molecule has 0 aliphatic carbocycles. The largest absolute Gasteiger partial charge is 0.739 e. The second-order valence-corrected chi connectivity index (χ2v) is 9.64. The zero-order chi connectivity index (χ0) is 13.0. The van der Waals surface area contributed by atoms with Gasteiger partial charge in [0.25, 0.3) is 0 Å². The molecule has 0 aliphatic heterocycles. The molecule has 0 aromatic heterocycles. The van der Waals surface area contributed by atoms with Crippen molar-refractivity contribution in [1.82, 2.24) is 4.90 Å². The van der Waals surface area contributed by atoms with E-state index in [4.69, 9.17) is 0 Å². The van der Waals surface area contributed by atoms with E-state index >= 15 is 0 Å². The predicted octanol–water partition coefficient (Wildman–Crippen LogP) is -0.697. The van der Waals surface area contributed by atoms with Crippen LogP contribution in [-0.4, -0.2) is 62.5 Å². The summed E-state index contributed by atoms with van der Waals surface area (Å²) in [6.07, 6.45) is 0. The Morgan fingerprint density at radius 2 is 1.31 bits per heavy atom. The first-order chi connectivity index (χ1) is 7.01. The van der Waals surface area contributed by atoms with Gasteiger partial charge in [-0.15, -0.1) is 0 Å². The maximum Gasteiger partial charge on any atom is 0.149 e. The van der Waals surface area contributed by atoms with Gasteiger partial charge >= 0.3 is 0 Å². The molecule has 0 atom stereocenters. The molecule has 0 spiro atoms. The average molecular weight is 309 g/mol. The quantitative estimate of drug-likeness (QED) is 0.444. The zero-order valence-electron chi connectivity index (χ0n) is 8.52. The van der Waals surface area contributed by atoms with Gasteiger partial charge in [-0.3, -0.25) is 0 Å². The van der Waals surface area contributed by atoms with E-state index in [2.05, 4.69) is 0 Å². The smallest absolute Gasteiger partial charge is 0.149 e. The van der Waals surface area contributed by atoms with Crippen LogP contribution in [0.15, 0.2) is 0 Å². The van der Waals surface area contributed by atoms with Crippen molar-refractivity contribution < 1.29 is 25.9 Å². The average Bonchev–Trinajstić information content (AvgIpc) is 1.98. The van der Waals surface area contributed by atoms with E-state index in [1.54, 1.807) is 19.0 Å². The number of rotatable bonds is 7. The summed E-state index contributed by atoms with van der Waals surface area (Å²) in [5.41, 5.74) is 0. The Morgan fingerprint density at radius 1 is 1.00 bits per heavy atom. The van der Waals surface area contributed by atoms with Gasteiger partial charge < -0.3 is 14.0 Å². The van der Waals surface area contributed by atoms with Crippen molar-refractivity contribution in [2.24, 2.45) is 0 Å². The van der Waals surface area contributed by atoms with Gasteiger partial charge in [0, 0.05) is 17.5 Å². The van der Waals surface area contributed by atoms with Crippen LogP contribution >= 0.6 is 21.6 Å². The van der Waals surface area contributed by atoms with Gasteiger partial charge in [0.05, 0.1) is 0 Å². The van der Waals surface area contributed by atoms with Crippen LogP contribution in [0.2, 0.25) is 0 Å². The summed E-state index contributed by atoms with van der Waals surface area (Å²) in [5, 5.41) is 0. The standard InChI is InChI=1S/C5H13NO6S4/c1-6(2)5(3-13-15(7,8)9)4-14-16(10,11)12/h5H,3-4H2,1-2H3,(H,7,8,9)(H,10,11,12)/p-2. The van der Waals surface area contributed by atoms with E-state index in [1.807, 2.05) is 0 Å². The Morgan fingerprint density at radius 3 is 1.50 bits per heavy atom. The fourth-order valence-electron chi connectivity index (χ4n) is 0.670. The van der Waals surface area contributed by atoms with Crippen LogP contribution in [0.25, 0.3) is 0 Å². The molecule has 0 unspecified atom stereocenters. The van der Waals surface area contributed by atoms with Crippen molar-refractivity contribution in [2.75, 3.05) is 25.6 Å². The van der Waals surface area contributed by atoms with Gasteiger partial charge in [-0.2, -0.15) is 0 Å². The van der Waals surface area contributed by atoms with Gasteiger partial charge in [-0.05, 0) is 35.7 Å². The fourth-order valence-corrected chi connectivity index (χ4v) is 4.24. The molecule has 11 heteroatoms. The van der Waals surface area contributed by atoms with E-state index in [1.165, 1.54) is 0 Å². The van der Waals surface area contributed by atoms with Crippen molar-refractivity contribution >= 4 is 39.9 Å². The van der Waals surface area contributed by atoms with Crippen LogP contribution in [-0.2, 0) is 18.3 Å². The Kier molecular flexibility index (Phi) is 6.62. The summed E-state index contributed by atoms with van der Waals surface area (Å²) in [7, 11) is -5.24. The minimum absolute atomic E-state index is 0.0820. The maximum absolute atomic E-state index is 10.4. The Balaban J connectivity index is 4.30. The molecule has 0 heterocycles. The van der Waals surface area contributed by atoms with Crippen LogP contribution in [0.1, 0.15) is 0 Å². The Labute approximate surface area is 102 Å². The van der Waals surface area contributed by atoms with Gasteiger partial charge in [-0.25, -0.2) is 16.8 Å². The van der Waals surface area contributed by atoms with Crippen LogP contribution in [0.3, 0.4) is 0 Å². The van der Waals surface area contributed by atoms with Crippen molar-refractivity contribution in [3.05, 3.63) is 0 Å². The molecule has 98 valence electrons. The molecule has 16 heavy (non-hydrogen) atoms. The van der Waals surface area contributed by atoms with E-state index in [0.29, 0.717) is 0 Å². The first kappa shape index (κ1) is 16.5. The van der Waals surface area contributed by atoms with Gasteiger partial charge in [-0.1, -0.05) is 0 Å². The predicted molar refractivity (Wildman–Crippen MR) is 61.8 cm³/mol. The molecule has 0 amide bonds. The molecule has 0 aromatic rings. The molecular formula is C5H11NO6S4-2. The first-order valence-corrected chi connectivity index (χ1v) is 9.70. The van der Waals surface area contributed by atoms with E-state index in [0.717, 1.165) is 0 Å². The highest BCUT2D eigenvalue weighted by molar-refractivity contribution is 8.70. The van der Waals surface area contributed by atoms with Crippen LogP contribution in [0.4, 0.5) is 0 Å².